The molecule has 1 unspecified atom stereocenters. The van der Waals surface area contributed by atoms with Gasteiger partial charge in [0.2, 0.25) is 5.91 Å². The molecule has 0 radical (unpaired) electrons. The highest BCUT2D eigenvalue weighted by Crippen LogP contribution is 2.30. The number of rotatable bonds is 2. The number of amides is 1. The summed E-state index contributed by atoms with van der Waals surface area (Å²) in [6.07, 6.45) is 0.607. The lowest BCUT2D eigenvalue weighted by molar-refractivity contribution is -0.117. The van der Waals surface area contributed by atoms with Crippen LogP contribution < -0.4 is 4.90 Å². The lowest BCUT2D eigenvalue weighted by Crippen LogP contribution is -2.24. The standard InChI is InChI=1S/C11H10Br2ClNO/c12-5-7-1-11(16)15(6-7)10-3-8(13)2-9(14)4-10/h2-4,7H,1,5-6H2. The predicted molar refractivity (Wildman–Crippen MR) is 73.4 cm³/mol. The van der Waals surface area contributed by atoms with Crippen LogP contribution in [0, 0.1) is 5.92 Å². The molecule has 86 valence electrons. The predicted octanol–water partition coefficient (Wildman–Crippen LogP) is 3.85. The van der Waals surface area contributed by atoms with E-state index in [9.17, 15) is 4.79 Å². The molecule has 1 atom stereocenters. The molecule has 1 aromatic rings. The summed E-state index contributed by atoms with van der Waals surface area (Å²) in [5.74, 6) is 0.559. The number of benzene rings is 1. The molecule has 0 spiro atoms. The van der Waals surface area contributed by atoms with E-state index in [2.05, 4.69) is 31.9 Å². The Morgan fingerprint density at radius 1 is 1.44 bits per heavy atom. The Labute approximate surface area is 116 Å². The highest BCUT2D eigenvalue weighted by Gasteiger charge is 2.29. The summed E-state index contributed by atoms with van der Waals surface area (Å²) < 4.78 is 0.894. The van der Waals surface area contributed by atoms with Crippen molar-refractivity contribution in [1.29, 1.82) is 0 Å². The van der Waals surface area contributed by atoms with Gasteiger partial charge < -0.3 is 4.90 Å². The number of alkyl halides is 1. The topological polar surface area (TPSA) is 20.3 Å². The van der Waals surface area contributed by atoms with E-state index >= 15 is 0 Å². The summed E-state index contributed by atoms with van der Waals surface area (Å²) in [6, 6.07) is 5.55. The number of hydrogen-bond acceptors (Lipinski definition) is 1. The maximum atomic E-state index is 11.8. The quantitative estimate of drug-likeness (QED) is 0.727. The van der Waals surface area contributed by atoms with Crippen LogP contribution in [0.25, 0.3) is 0 Å². The average molecular weight is 367 g/mol. The molecule has 0 saturated carbocycles. The van der Waals surface area contributed by atoms with E-state index in [1.165, 1.54) is 0 Å². The molecule has 5 heteroatoms. The van der Waals surface area contributed by atoms with Crippen molar-refractivity contribution < 1.29 is 4.79 Å². The van der Waals surface area contributed by atoms with Crippen LogP contribution in [0.2, 0.25) is 5.02 Å². The van der Waals surface area contributed by atoms with Crippen molar-refractivity contribution in [2.45, 2.75) is 6.42 Å². The van der Waals surface area contributed by atoms with Crippen molar-refractivity contribution in [3.8, 4) is 0 Å². The van der Waals surface area contributed by atoms with Crippen LogP contribution >= 0.6 is 43.5 Å². The van der Waals surface area contributed by atoms with E-state index in [0.29, 0.717) is 17.4 Å². The lowest BCUT2D eigenvalue weighted by Gasteiger charge is -2.17. The van der Waals surface area contributed by atoms with Gasteiger partial charge in [-0.15, -0.1) is 0 Å². The van der Waals surface area contributed by atoms with Gasteiger partial charge in [-0.05, 0) is 24.1 Å². The fourth-order valence-electron chi connectivity index (χ4n) is 1.83. The molecule has 1 heterocycles. The largest absolute Gasteiger partial charge is 0.312 e. The van der Waals surface area contributed by atoms with Crippen molar-refractivity contribution in [3.05, 3.63) is 27.7 Å². The Hall–Kier alpha value is -0.0600. The first-order chi connectivity index (χ1) is 7.60. The molecular formula is C11H10Br2ClNO. The number of carbonyl (C=O) groups excluding carboxylic acids is 1. The number of anilines is 1. The minimum absolute atomic E-state index is 0.165. The zero-order valence-corrected chi connectivity index (χ0v) is 12.3. The summed E-state index contributed by atoms with van der Waals surface area (Å²) in [6.45, 7) is 0.761. The molecule has 0 N–H and O–H groups in total. The Balaban J connectivity index is 2.27. The maximum Gasteiger partial charge on any atom is 0.227 e. The van der Waals surface area contributed by atoms with Crippen LogP contribution in [0.1, 0.15) is 6.42 Å². The fraction of sp³-hybridized carbons (Fsp3) is 0.364. The van der Waals surface area contributed by atoms with Crippen LogP contribution in [-0.4, -0.2) is 17.8 Å². The van der Waals surface area contributed by atoms with Crippen molar-refractivity contribution in [2.75, 3.05) is 16.8 Å². The first kappa shape index (κ1) is 12.4. The van der Waals surface area contributed by atoms with Crippen molar-refractivity contribution in [2.24, 2.45) is 5.92 Å². The van der Waals surface area contributed by atoms with Crippen LogP contribution in [0.15, 0.2) is 22.7 Å². The van der Waals surface area contributed by atoms with Crippen LogP contribution in [0.5, 0.6) is 0 Å². The van der Waals surface area contributed by atoms with E-state index in [1.807, 2.05) is 18.2 Å². The van der Waals surface area contributed by atoms with Gasteiger partial charge in [0.15, 0.2) is 0 Å². The number of halogens is 3. The molecule has 2 rings (SSSR count). The average Bonchev–Trinajstić information content (AvgIpc) is 2.58. The van der Waals surface area contributed by atoms with Gasteiger partial charge >= 0.3 is 0 Å². The highest BCUT2D eigenvalue weighted by molar-refractivity contribution is 9.10. The van der Waals surface area contributed by atoms with Gasteiger partial charge in [-0.1, -0.05) is 43.5 Å². The number of hydrogen-bond donors (Lipinski definition) is 0. The second kappa shape index (κ2) is 5.07. The first-order valence-corrected chi connectivity index (χ1v) is 7.22. The zero-order valence-electron chi connectivity index (χ0n) is 8.42. The third kappa shape index (κ3) is 2.60. The Kier molecular flexibility index (Phi) is 3.93. The monoisotopic (exact) mass is 365 g/mol. The van der Waals surface area contributed by atoms with E-state index in [4.69, 9.17) is 11.6 Å². The van der Waals surface area contributed by atoms with Crippen molar-refractivity contribution >= 4 is 55.1 Å². The summed E-state index contributed by atoms with van der Waals surface area (Å²) in [5.41, 5.74) is 0.868. The van der Waals surface area contributed by atoms with E-state index in [1.54, 1.807) is 4.90 Å². The molecule has 1 amide bonds. The second-order valence-electron chi connectivity index (χ2n) is 3.86. The molecule has 1 fully saturated rings. The highest BCUT2D eigenvalue weighted by atomic mass is 79.9. The van der Waals surface area contributed by atoms with Crippen LogP contribution in [-0.2, 0) is 4.79 Å². The Morgan fingerprint density at radius 2 is 2.19 bits per heavy atom. The summed E-state index contributed by atoms with van der Waals surface area (Å²) >= 11 is 12.8. The fourth-order valence-corrected chi connectivity index (χ4v) is 3.11. The van der Waals surface area contributed by atoms with Gasteiger partial charge in [0, 0.05) is 33.5 Å². The molecule has 0 aliphatic carbocycles. The van der Waals surface area contributed by atoms with Gasteiger partial charge in [0.1, 0.15) is 0 Å². The minimum Gasteiger partial charge on any atom is -0.312 e. The van der Waals surface area contributed by atoms with Crippen LogP contribution in [0.4, 0.5) is 5.69 Å². The zero-order chi connectivity index (χ0) is 11.7. The molecule has 16 heavy (non-hydrogen) atoms. The molecule has 1 aliphatic heterocycles. The number of carbonyl (C=O) groups is 1. The van der Waals surface area contributed by atoms with E-state index in [-0.39, 0.29) is 5.91 Å². The van der Waals surface area contributed by atoms with Gasteiger partial charge in [0.25, 0.3) is 0 Å². The number of nitrogens with zero attached hydrogens (tertiary/aromatic N) is 1. The molecule has 2 nitrogen and oxygen atoms in total. The summed E-state index contributed by atoms with van der Waals surface area (Å²) in [5, 5.41) is 1.50. The normalized spacial score (nSPS) is 20.6. The van der Waals surface area contributed by atoms with Gasteiger partial charge in [-0.3, -0.25) is 4.79 Å². The molecular weight excluding hydrogens is 357 g/mol. The summed E-state index contributed by atoms with van der Waals surface area (Å²) in [4.78, 5) is 13.6. The van der Waals surface area contributed by atoms with E-state index in [0.717, 1.165) is 22.0 Å². The minimum atomic E-state index is 0.165. The third-order valence-electron chi connectivity index (χ3n) is 2.58. The van der Waals surface area contributed by atoms with Crippen LogP contribution in [0.3, 0.4) is 0 Å². The van der Waals surface area contributed by atoms with Gasteiger partial charge in [0.05, 0.1) is 0 Å². The lowest BCUT2D eigenvalue weighted by atomic mass is 10.2. The first-order valence-electron chi connectivity index (χ1n) is 4.92. The maximum absolute atomic E-state index is 11.8. The second-order valence-corrected chi connectivity index (χ2v) is 5.86. The smallest absolute Gasteiger partial charge is 0.227 e. The SMILES string of the molecule is O=C1CC(CBr)CN1c1cc(Cl)cc(Br)c1. The Morgan fingerprint density at radius 3 is 2.75 bits per heavy atom. The van der Waals surface area contributed by atoms with Gasteiger partial charge in [-0.2, -0.15) is 0 Å². The van der Waals surface area contributed by atoms with Crippen molar-refractivity contribution in [3.63, 3.8) is 0 Å². The molecule has 1 aliphatic rings. The summed E-state index contributed by atoms with van der Waals surface area (Å²) in [7, 11) is 0. The van der Waals surface area contributed by atoms with E-state index < -0.39 is 0 Å². The van der Waals surface area contributed by atoms with Crippen molar-refractivity contribution in [1.82, 2.24) is 0 Å². The molecule has 0 aromatic heterocycles. The molecule has 1 saturated heterocycles. The third-order valence-corrected chi connectivity index (χ3v) is 4.17. The van der Waals surface area contributed by atoms with Gasteiger partial charge in [-0.25, -0.2) is 0 Å². The molecule has 0 bridgehead atoms. The Bertz CT molecular complexity index is 404. The molecule has 1 aromatic carbocycles.